The monoisotopic (exact) mass is 490 g/mol. The average Bonchev–Trinajstić information content (AvgIpc) is 3.44. The Balaban J connectivity index is 1.48. The molecule has 0 fully saturated rings. The highest BCUT2D eigenvalue weighted by molar-refractivity contribution is 6.31. The van der Waals surface area contributed by atoms with Gasteiger partial charge in [-0.3, -0.25) is 9.59 Å². The molecule has 0 radical (unpaired) electrons. The van der Waals surface area contributed by atoms with E-state index in [1.54, 1.807) is 48.5 Å². The predicted molar refractivity (Wildman–Crippen MR) is 133 cm³/mol. The molecular formula is C27H20Cl2N2O3. The van der Waals surface area contributed by atoms with Crippen LogP contribution in [0.15, 0.2) is 91.3 Å². The molecule has 1 aromatic heterocycles. The Labute approximate surface area is 206 Å². The van der Waals surface area contributed by atoms with E-state index in [0.717, 1.165) is 11.3 Å². The first-order valence-electron chi connectivity index (χ1n) is 10.7. The van der Waals surface area contributed by atoms with Crippen LogP contribution >= 0.6 is 23.2 Å². The number of anilines is 1. The highest BCUT2D eigenvalue weighted by Gasteiger charge is 2.51. The van der Waals surface area contributed by atoms with Gasteiger partial charge in [0, 0.05) is 39.3 Å². The predicted octanol–water partition coefficient (Wildman–Crippen LogP) is 5.79. The fraction of sp³-hybridized carbons (Fsp3) is 0.111. The molecule has 3 aromatic carbocycles. The molecule has 0 saturated heterocycles. The summed E-state index contributed by atoms with van der Waals surface area (Å²) in [5.74, 6) is -0.904. The number of aromatic nitrogens is 1. The number of carbonyl (C=O) groups is 2. The van der Waals surface area contributed by atoms with Crippen molar-refractivity contribution in [2.75, 3.05) is 4.90 Å². The summed E-state index contributed by atoms with van der Waals surface area (Å²) in [5, 5.41) is 12.6. The number of hydrogen-bond acceptors (Lipinski definition) is 3. The maximum atomic E-state index is 13.5. The van der Waals surface area contributed by atoms with Gasteiger partial charge < -0.3 is 14.6 Å². The van der Waals surface area contributed by atoms with Crippen LogP contribution in [0.3, 0.4) is 0 Å². The number of benzene rings is 3. The number of halogens is 2. The molecule has 170 valence electrons. The van der Waals surface area contributed by atoms with Gasteiger partial charge in [-0.1, -0.05) is 47.5 Å². The van der Waals surface area contributed by atoms with Gasteiger partial charge in [0.1, 0.15) is 0 Å². The van der Waals surface area contributed by atoms with Gasteiger partial charge in [0.15, 0.2) is 11.4 Å². The number of rotatable bonds is 6. The Morgan fingerprint density at radius 1 is 0.882 bits per heavy atom. The highest BCUT2D eigenvalue weighted by atomic mass is 35.5. The third kappa shape index (κ3) is 4.03. The number of hydrogen-bond donors (Lipinski definition) is 1. The van der Waals surface area contributed by atoms with Crippen molar-refractivity contribution < 1.29 is 14.7 Å². The molecule has 1 amide bonds. The van der Waals surface area contributed by atoms with Gasteiger partial charge >= 0.3 is 0 Å². The SMILES string of the molecule is O=C(CC1(O)C(=O)N(Cc2ccc(Cl)cc2)c2ccc(Cl)cc21)c1cccc(-n2cccc2)c1. The molecule has 2 heterocycles. The number of ketones is 1. The summed E-state index contributed by atoms with van der Waals surface area (Å²) < 4.78 is 1.88. The second-order valence-electron chi connectivity index (χ2n) is 8.28. The Morgan fingerprint density at radius 2 is 1.59 bits per heavy atom. The zero-order valence-corrected chi connectivity index (χ0v) is 19.5. The van der Waals surface area contributed by atoms with Gasteiger partial charge in [0.05, 0.1) is 18.7 Å². The van der Waals surface area contributed by atoms with Crippen LogP contribution in [0.25, 0.3) is 5.69 Å². The van der Waals surface area contributed by atoms with E-state index in [1.807, 2.05) is 47.3 Å². The molecule has 1 N–H and O–H groups in total. The molecule has 0 saturated carbocycles. The molecule has 1 unspecified atom stereocenters. The van der Waals surface area contributed by atoms with Crippen molar-refractivity contribution in [3.8, 4) is 5.69 Å². The van der Waals surface area contributed by atoms with Gasteiger partial charge in [0.2, 0.25) is 0 Å². The molecule has 34 heavy (non-hydrogen) atoms. The van der Waals surface area contributed by atoms with E-state index in [-0.39, 0.29) is 12.3 Å². The van der Waals surface area contributed by atoms with Crippen molar-refractivity contribution in [3.05, 3.63) is 118 Å². The second-order valence-corrected chi connectivity index (χ2v) is 9.15. The number of fused-ring (bicyclic) bond motifs is 1. The van der Waals surface area contributed by atoms with Gasteiger partial charge in [-0.15, -0.1) is 0 Å². The zero-order chi connectivity index (χ0) is 23.9. The van der Waals surface area contributed by atoms with Crippen LogP contribution in [-0.2, 0) is 16.9 Å². The standard InChI is InChI=1S/C27H20Cl2N2O3/c28-20-8-6-18(7-9-20)17-31-24-11-10-21(29)15-23(24)27(34,26(31)33)16-25(32)19-4-3-5-22(14-19)30-12-1-2-13-30/h1-15,34H,16-17H2. The van der Waals surface area contributed by atoms with E-state index in [1.165, 1.54) is 4.90 Å². The maximum Gasteiger partial charge on any atom is 0.264 e. The van der Waals surface area contributed by atoms with E-state index < -0.39 is 17.9 Å². The molecule has 5 nitrogen and oxygen atoms in total. The number of aliphatic hydroxyl groups is 1. The van der Waals surface area contributed by atoms with Crippen LogP contribution in [0.1, 0.15) is 27.9 Å². The van der Waals surface area contributed by atoms with Crippen LogP contribution in [0.2, 0.25) is 10.0 Å². The quantitative estimate of drug-likeness (QED) is 0.347. The van der Waals surface area contributed by atoms with Crippen molar-refractivity contribution >= 4 is 40.6 Å². The minimum Gasteiger partial charge on any atom is -0.375 e. The third-order valence-corrected chi connectivity index (χ3v) is 6.52. The van der Waals surface area contributed by atoms with Crippen molar-refractivity contribution in [2.45, 2.75) is 18.6 Å². The number of carbonyl (C=O) groups excluding carboxylic acids is 2. The normalized spacial score (nSPS) is 17.1. The molecule has 4 aromatic rings. The van der Waals surface area contributed by atoms with Crippen LogP contribution in [0, 0.1) is 0 Å². The van der Waals surface area contributed by atoms with Crippen LogP contribution in [0.5, 0.6) is 0 Å². The third-order valence-electron chi connectivity index (χ3n) is 6.03. The number of Topliss-reactive ketones (excluding diaryl/α,β-unsaturated/α-hetero) is 1. The van der Waals surface area contributed by atoms with Crippen molar-refractivity contribution in [1.82, 2.24) is 4.57 Å². The number of amides is 1. The van der Waals surface area contributed by atoms with Crippen LogP contribution in [-0.4, -0.2) is 21.4 Å². The summed E-state index contributed by atoms with van der Waals surface area (Å²) in [7, 11) is 0. The maximum absolute atomic E-state index is 13.5. The summed E-state index contributed by atoms with van der Waals surface area (Å²) in [6.07, 6.45) is 3.36. The Bertz CT molecular complexity index is 1380. The first kappa shape index (κ1) is 22.4. The van der Waals surface area contributed by atoms with E-state index >= 15 is 0 Å². The number of nitrogens with zero attached hydrogens (tertiary/aromatic N) is 2. The second kappa shape index (κ2) is 8.76. The van der Waals surface area contributed by atoms with E-state index in [2.05, 4.69) is 0 Å². The first-order valence-corrected chi connectivity index (χ1v) is 11.5. The van der Waals surface area contributed by atoms with Crippen LogP contribution < -0.4 is 4.90 Å². The zero-order valence-electron chi connectivity index (χ0n) is 18.0. The van der Waals surface area contributed by atoms with Gasteiger partial charge in [-0.05, 0) is 60.2 Å². The summed E-state index contributed by atoms with van der Waals surface area (Å²) in [6.45, 7) is 0.226. The highest BCUT2D eigenvalue weighted by Crippen LogP contribution is 2.44. The lowest BCUT2D eigenvalue weighted by Crippen LogP contribution is -2.41. The largest absolute Gasteiger partial charge is 0.375 e. The van der Waals surface area contributed by atoms with Crippen molar-refractivity contribution in [3.63, 3.8) is 0 Å². The molecule has 5 rings (SSSR count). The summed E-state index contributed by atoms with van der Waals surface area (Å²) in [5.41, 5.74) is 0.900. The smallest absolute Gasteiger partial charge is 0.264 e. The van der Waals surface area contributed by atoms with Gasteiger partial charge in [-0.25, -0.2) is 0 Å². The fourth-order valence-electron chi connectivity index (χ4n) is 4.30. The lowest BCUT2D eigenvalue weighted by atomic mass is 9.88. The molecule has 7 heteroatoms. The molecule has 0 aliphatic carbocycles. The van der Waals surface area contributed by atoms with E-state index in [4.69, 9.17) is 23.2 Å². The molecule has 0 spiro atoms. The Kier molecular flexibility index (Phi) is 5.78. The molecule has 1 aliphatic heterocycles. The van der Waals surface area contributed by atoms with Crippen molar-refractivity contribution in [1.29, 1.82) is 0 Å². The lowest BCUT2D eigenvalue weighted by molar-refractivity contribution is -0.136. The first-order chi connectivity index (χ1) is 16.3. The van der Waals surface area contributed by atoms with Gasteiger partial charge in [0.25, 0.3) is 5.91 Å². The van der Waals surface area contributed by atoms with E-state index in [0.29, 0.717) is 26.9 Å². The van der Waals surface area contributed by atoms with Crippen molar-refractivity contribution in [2.24, 2.45) is 0 Å². The lowest BCUT2D eigenvalue weighted by Gasteiger charge is -2.23. The Morgan fingerprint density at radius 3 is 2.32 bits per heavy atom. The topological polar surface area (TPSA) is 62.5 Å². The average molecular weight is 491 g/mol. The summed E-state index contributed by atoms with van der Waals surface area (Å²) >= 11 is 12.2. The molecular weight excluding hydrogens is 471 g/mol. The fourth-order valence-corrected chi connectivity index (χ4v) is 4.60. The molecule has 1 atom stereocenters. The molecule has 1 aliphatic rings. The van der Waals surface area contributed by atoms with Gasteiger partial charge in [-0.2, -0.15) is 0 Å². The summed E-state index contributed by atoms with van der Waals surface area (Å²) in [4.78, 5) is 28.3. The minimum absolute atomic E-state index is 0.226. The minimum atomic E-state index is -2.02. The van der Waals surface area contributed by atoms with Crippen LogP contribution in [0.4, 0.5) is 5.69 Å². The summed E-state index contributed by atoms with van der Waals surface area (Å²) in [6, 6.07) is 22.9. The van der Waals surface area contributed by atoms with E-state index in [9.17, 15) is 14.7 Å². The molecule has 0 bridgehead atoms. The Hall–Kier alpha value is -3.38.